The van der Waals surface area contributed by atoms with Crippen molar-refractivity contribution in [1.29, 1.82) is 0 Å². The number of anilines is 1. The Hall–Kier alpha value is -1.71. The SMILES string of the molecule is O=C(Nc1ccc(F)cc1Cl)c1ccc(Cl)c(S(=O)(=O)N2CCOCC2)c1. The number of benzene rings is 2. The molecule has 0 aromatic heterocycles. The Balaban J connectivity index is 1.89. The average molecular weight is 433 g/mol. The Morgan fingerprint density at radius 2 is 1.78 bits per heavy atom. The minimum Gasteiger partial charge on any atom is -0.379 e. The molecule has 10 heteroatoms. The van der Waals surface area contributed by atoms with E-state index >= 15 is 0 Å². The monoisotopic (exact) mass is 432 g/mol. The van der Waals surface area contributed by atoms with Gasteiger partial charge in [-0.25, -0.2) is 12.8 Å². The number of halogens is 3. The summed E-state index contributed by atoms with van der Waals surface area (Å²) in [5.41, 5.74) is 0.280. The van der Waals surface area contributed by atoms with E-state index < -0.39 is 21.7 Å². The standard InChI is InChI=1S/C17H15Cl2FN2O4S/c18-13-3-1-11(17(23)21-15-4-2-12(20)10-14(15)19)9-16(13)27(24,25)22-5-7-26-8-6-22/h1-4,9-10H,5-8H2,(H,21,23). The van der Waals surface area contributed by atoms with Crippen LogP contribution in [0.2, 0.25) is 10.0 Å². The number of carbonyl (C=O) groups is 1. The molecule has 0 atom stereocenters. The van der Waals surface area contributed by atoms with Crippen LogP contribution in [0.5, 0.6) is 0 Å². The van der Waals surface area contributed by atoms with Crippen LogP contribution in [0.4, 0.5) is 10.1 Å². The van der Waals surface area contributed by atoms with Gasteiger partial charge in [-0.05, 0) is 36.4 Å². The zero-order chi connectivity index (χ0) is 19.6. The van der Waals surface area contributed by atoms with Crippen LogP contribution in [0.1, 0.15) is 10.4 Å². The molecule has 1 aliphatic heterocycles. The Morgan fingerprint density at radius 3 is 2.44 bits per heavy atom. The van der Waals surface area contributed by atoms with Gasteiger partial charge in [-0.1, -0.05) is 23.2 Å². The lowest BCUT2D eigenvalue weighted by Crippen LogP contribution is -2.40. The third kappa shape index (κ3) is 4.41. The van der Waals surface area contributed by atoms with E-state index in [0.29, 0.717) is 13.2 Å². The molecule has 1 N–H and O–H groups in total. The lowest BCUT2D eigenvalue weighted by Gasteiger charge is -2.26. The molecule has 0 spiro atoms. The number of carbonyl (C=O) groups excluding carboxylic acids is 1. The molecule has 2 aromatic carbocycles. The van der Waals surface area contributed by atoms with Crippen LogP contribution < -0.4 is 5.32 Å². The molecule has 0 radical (unpaired) electrons. The summed E-state index contributed by atoms with van der Waals surface area (Å²) in [4.78, 5) is 12.3. The van der Waals surface area contributed by atoms with Crippen molar-refractivity contribution in [3.63, 3.8) is 0 Å². The van der Waals surface area contributed by atoms with Crippen LogP contribution in [-0.4, -0.2) is 44.9 Å². The number of hydrogen-bond acceptors (Lipinski definition) is 4. The Labute approximate surface area is 165 Å². The maximum absolute atomic E-state index is 13.1. The maximum Gasteiger partial charge on any atom is 0.255 e. The lowest BCUT2D eigenvalue weighted by atomic mass is 10.2. The Morgan fingerprint density at radius 1 is 1.07 bits per heavy atom. The van der Waals surface area contributed by atoms with Crippen LogP contribution in [0.15, 0.2) is 41.3 Å². The molecule has 6 nitrogen and oxygen atoms in total. The lowest BCUT2D eigenvalue weighted by molar-refractivity contribution is 0.0730. The topological polar surface area (TPSA) is 75.7 Å². The van der Waals surface area contributed by atoms with Crippen molar-refractivity contribution in [2.75, 3.05) is 31.6 Å². The van der Waals surface area contributed by atoms with E-state index in [0.717, 1.165) is 12.1 Å². The molecule has 2 aromatic rings. The fraction of sp³-hybridized carbons (Fsp3) is 0.235. The highest BCUT2D eigenvalue weighted by molar-refractivity contribution is 7.89. The normalized spacial score (nSPS) is 15.5. The smallest absolute Gasteiger partial charge is 0.255 e. The summed E-state index contributed by atoms with van der Waals surface area (Å²) >= 11 is 12.0. The van der Waals surface area contributed by atoms with Crippen molar-refractivity contribution in [1.82, 2.24) is 4.31 Å². The number of sulfonamides is 1. The summed E-state index contributed by atoms with van der Waals surface area (Å²) in [6.45, 7) is 1.00. The largest absolute Gasteiger partial charge is 0.379 e. The first-order valence-corrected chi connectivity index (χ1v) is 10.1. The highest BCUT2D eigenvalue weighted by Crippen LogP contribution is 2.28. The second-order valence-electron chi connectivity index (χ2n) is 5.74. The summed E-state index contributed by atoms with van der Waals surface area (Å²) < 4.78 is 45.2. The summed E-state index contributed by atoms with van der Waals surface area (Å²) in [6, 6.07) is 7.48. The van der Waals surface area contributed by atoms with Crippen LogP contribution in [0, 0.1) is 5.82 Å². The first-order chi connectivity index (χ1) is 12.8. The van der Waals surface area contributed by atoms with E-state index in [1.54, 1.807) is 0 Å². The van der Waals surface area contributed by atoms with Gasteiger partial charge >= 0.3 is 0 Å². The average Bonchev–Trinajstić information content (AvgIpc) is 2.65. The molecule has 1 aliphatic rings. The molecule has 0 saturated carbocycles. The van der Waals surface area contributed by atoms with Gasteiger partial charge in [-0.15, -0.1) is 0 Å². The molecule has 3 rings (SSSR count). The van der Waals surface area contributed by atoms with Gasteiger partial charge in [0.05, 0.1) is 28.9 Å². The summed E-state index contributed by atoms with van der Waals surface area (Å²) in [5.74, 6) is -1.14. The number of ether oxygens (including phenoxy) is 1. The van der Waals surface area contributed by atoms with E-state index in [4.69, 9.17) is 27.9 Å². The van der Waals surface area contributed by atoms with E-state index in [2.05, 4.69) is 5.32 Å². The first-order valence-electron chi connectivity index (χ1n) is 7.93. The van der Waals surface area contributed by atoms with E-state index in [9.17, 15) is 17.6 Å². The molecule has 0 aliphatic carbocycles. The van der Waals surface area contributed by atoms with Crippen molar-refractivity contribution in [3.8, 4) is 0 Å². The maximum atomic E-state index is 13.1. The van der Waals surface area contributed by atoms with Gasteiger partial charge in [0.15, 0.2) is 0 Å². The van der Waals surface area contributed by atoms with Crippen molar-refractivity contribution >= 4 is 44.8 Å². The minimum atomic E-state index is -3.87. The van der Waals surface area contributed by atoms with Gasteiger partial charge in [-0.3, -0.25) is 4.79 Å². The summed E-state index contributed by atoms with van der Waals surface area (Å²) in [5, 5.41) is 2.56. The molecule has 144 valence electrons. The number of nitrogens with one attached hydrogen (secondary N) is 1. The fourth-order valence-corrected chi connectivity index (χ4v) is 4.68. The fourth-order valence-electron chi connectivity index (χ4n) is 2.55. The van der Waals surface area contributed by atoms with Gasteiger partial charge in [0.1, 0.15) is 10.7 Å². The highest BCUT2D eigenvalue weighted by atomic mass is 35.5. The summed E-state index contributed by atoms with van der Waals surface area (Å²) in [6.07, 6.45) is 0. The second-order valence-corrected chi connectivity index (χ2v) is 8.46. The van der Waals surface area contributed by atoms with Crippen LogP contribution in [-0.2, 0) is 14.8 Å². The van der Waals surface area contributed by atoms with E-state index in [1.165, 1.54) is 28.6 Å². The van der Waals surface area contributed by atoms with Gasteiger partial charge < -0.3 is 10.1 Å². The number of amides is 1. The van der Waals surface area contributed by atoms with Gasteiger partial charge in [0.25, 0.3) is 5.91 Å². The minimum absolute atomic E-state index is 0.0119. The van der Waals surface area contributed by atoms with Gasteiger partial charge in [0.2, 0.25) is 10.0 Å². The molecule has 1 amide bonds. The third-order valence-corrected chi connectivity index (χ3v) is 6.65. The molecule has 0 unspecified atom stereocenters. The summed E-state index contributed by atoms with van der Waals surface area (Å²) in [7, 11) is -3.87. The number of nitrogens with zero attached hydrogens (tertiary/aromatic N) is 1. The second kappa shape index (κ2) is 8.12. The quantitative estimate of drug-likeness (QED) is 0.802. The predicted octanol–water partition coefficient (Wildman–Crippen LogP) is 3.41. The first kappa shape index (κ1) is 20.0. The van der Waals surface area contributed by atoms with Gasteiger partial charge in [0, 0.05) is 18.7 Å². The molecule has 1 fully saturated rings. The van der Waals surface area contributed by atoms with E-state index in [-0.39, 0.29) is 39.3 Å². The van der Waals surface area contributed by atoms with Crippen molar-refractivity contribution in [2.24, 2.45) is 0 Å². The zero-order valence-corrected chi connectivity index (χ0v) is 16.2. The van der Waals surface area contributed by atoms with Crippen LogP contribution in [0.25, 0.3) is 0 Å². The van der Waals surface area contributed by atoms with Crippen LogP contribution in [0.3, 0.4) is 0 Å². The van der Waals surface area contributed by atoms with E-state index in [1.807, 2.05) is 0 Å². The zero-order valence-electron chi connectivity index (χ0n) is 13.9. The third-order valence-electron chi connectivity index (χ3n) is 3.96. The molecule has 1 heterocycles. The van der Waals surface area contributed by atoms with Crippen molar-refractivity contribution in [2.45, 2.75) is 4.90 Å². The molecule has 0 bridgehead atoms. The molecular formula is C17H15Cl2FN2O4S. The van der Waals surface area contributed by atoms with Gasteiger partial charge in [-0.2, -0.15) is 4.31 Å². The Kier molecular flexibility index (Phi) is 6.02. The Bertz CT molecular complexity index is 979. The molecular weight excluding hydrogens is 418 g/mol. The predicted molar refractivity (Wildman–Crippen MR) is 100 cm³/mol. The highest BCUT2D eigenvalue weighted by Gasteiger charge is 2.29. The number of morpholine rings is 1. The van der Waals surface area contributed by atoms with Crippen LogP contribution >= 0.6 is 23.2 Å². The number of hydrogen-bond donors (Lipinski definition) is 1. The molecule has 27 heavy (non-hydrogen) atoms. The number of rotatable bonds is 4. The van der Waals surface area contributed by atoms with Crippen molar-refractivity contribution < 1.29 is 22.3 Å². The molecule has 1 saturated heterocycles. The van der Waals surface area contributed by atoms with Crippen molar-refractivity contribution in [3.05, 3.63) is 57.8 Å².